The third-order valence-electron chi connectivity index (χ3n) is 7.03. The lowest BCUT2D eigenvalue weighted by atomic mass is 10.0. The van der Waals surface area contributed by atoms with Crippen molar-refractivity contribution in [3.63, 3.8) is 0 Å². The molecule has 2 saturated heterocycles. The van der Waals surface area contributed by atoms with Crippen molar-refractivity contribution < 1.29 is 31.8 Å². The molecule has 9 nitrogen and oxygen atoms in total. The van der Waals surface area contributed by atoms with Crippen molar-refractivity contribution in [1.29, 1.82) is 0 Å². The molecule has 0 amide bonds. The first-order valence-electron chi connectivity index (χ1n) is 12.5. The highest BCUT2D eigenvalue weighted by Crippen LogP contribution is 2.30. The molecule has 2 fully saturated rings. The summed E-state index contributed by atoms with van der Waals surface area (Å²) in [5.41, 5.74) is 0.736. The molecule has 3 atom stereocenters. The fourth-order valence-electron chi connectivity index (χ4n) is 4.79. The highest BCUT2D eigenvalue weighted by molar-refractivity contribution is 7.89. The van der Waals surface area contributed by atoms with Gasteiger partial charge in [-0.2, -0.15) is 17.5 Å². The van der Waals surface area contributed by atoms with Crippen molar-refractivity contribution in [2.45, 2.75) is 42.2 Å². The van der Waals surface area contributed by atoms with Crippen LogP contribution >= 0.6 is 0 Å². The fraction of sp³-hybridized carbons (Fsp3) is 0.385. The summed E-state index contributed by atoms with van der Waals surface area (Å²) in [5, 5.41) is 23.2. The molecule has 4 heterocycles. The van der Waals surface area contributed by atoms with Crippen LogP contribution in [0.3, 0.4) is 0 Å². The lowest BCUT2D eigenvalue weighted by Gasteiger charge is -2.35. The molecule has 0 saturated carbocycles. The van der Waals surface area contributed by atoms with E-state index in [4.69, 9.17) is 0 Å². The third kappa shape index (κ3) is 6.01. The number of alkyl halides is 3. The number of piperidine rings is 1. The molecule has 3 N–H and O–H groups in total. The van der Waals surface area contributed by atoms with E-state index in [1.54, 1.807) is 18.3 Å². The average molecular weight is 564 g/mol. The van der Waals surface area contributed by atoms with Crippen LogP contribution in [0.4, 0.5) is 24.8 Å². The highest BCUT2D eigenvalue weighted by Gasteiger charge is 2.35. The van der Waals surface area contributed by atoms with Crippen LogP contribution in [0.2, 0.25) is 0 Å². The number of benzene rings is 1. The van der Waals surface area contributed by atoms with Gasteiger partial charge in [-0.05, 0) is 54.8 Å². The zero-order chi connectivity index (χ0) is 27.8. The minimum atomic E-state index is -4.50. The van der Waals surface area contributed by atoms with E-state index in [-0.39, 0.29) is 36.3 Å². The summed E-state index contributed by atoms with van der Waals surface area (Å²) >= 11 is 0. The second-order valence-electron chi connectivity index (χ2n) is 9.72. The molecular weight excluding hydrogens is 535 g/mol. The number of nitrogens with zero attached hydrogens (tertiary/aromatic N) is 4. The molecule has 2 aromatic heterocycles. The summed E-state index contributed by atoms with van der Waals surface area (Å²) in [7, 11) is -3.88. The normalized spacial score (nSPS) is 22.7. The Morgan fingerprint density at radius 1 is 0.872 bits per heavy atom. The number of halogens is 3. The topological polar surface area (TPSA) is 119 Å². The Labute approximate surface area is 224 Å². The van der Waals surface area contributed by atoms with Crippen molar-refractivity contribution in [3.05, 3.63) is 66.5 Å². The van der Waals surface area contributed by atoms with Gasteiger partial charge in [0, 0.05) is 44.1 Å². The minimum absolute atomic E-state index is 0.0879. The Morgan fingerprint density at radius 2 is 1.62 bits per heavy atom. The van der Waals surface area contributed by atoms with Gasteiger partial charge in [0.05, 0.1) is 28.7 Å². The standard InChI is InChI=1S/C26H28F3N5O4S/c27-26(28,29)19-4-7-24(30-14-19)32-22-10-12-34(16-23(22)36)39(37,38)21-5-1-17(2-6-21)18-3-8-25(31-13-18)33-11-9-20(35)15-33/h1-8,13-14,20,22-23,35-36H,9-12,15-16H2,(H,30,32)/t20-,22+,23-/m0/s1. The van der Waals surface area contributed by atoms with Crippen LogP contribution in [-0.4, -0.2) is 77.3 Å². The van der Waals surface area contributed by atoms with E-state index in [0.717, 1.165) is 29.6 Å². The highest BCUT2D eigenvalue weighted by atomic mass is 32.2. The van der Waals surface area contributed by atoms with Crippen LogP contribution in [0, 0.1) is 0 Å². The van der Waals surface area contributed by atoms with Crippen LogP contribution in [0.5, 0.6) is 0 Å². The Balaban J connectivity index is 1.21. The van der Waals surface area contributed by atoms with Crippen molar-refractivity contribution in [1.82, 2.24) is 14.3 Å². The van der Waals surface area contributed by atoms with Crippen LogP contribution < -0.4 is 10.2 Å². The van der Waals surface area contributed by atoms with Gasteiger partial charge in [0.25, 0.3) is 0 Å². The lowest BCUT2D eigenvalue weighted by Crippen LogP contribution is -2.51. The van der Waals surface area contributed by atoms with E-state index in [0.29, 0.717) is 19.2 Å². The smallest absolute Gasteiger partial charge is 0.391 e. The second-order valence-corrected chi connectivity index (χ2v) is 11.7. The first-order chi connectivity index (χ1) is 18.5. The van der Waals surface area contributed by atoms with Crippen LogP contribution in [-0.2, 0) is 16.2 Å². The summed E-state index contributed by atoms with van der Waals surface area (Å²) in [5.74, 6) is 0.944. The predicted molar refractivity (Wildman–Crippen MR) is 139 cm³/mol. The predicted octanol–water partition coefficient (Wildman–Crippen LogP) is 2.97. The average Bonchev–Trinajstić information content (AvgIpc) is 3.36. The second kappa shape index (κ2) is 10.7. The lowest BCUT2D eigenvalue weighted by molar-refractivity contribution is -0.137. The summed E-state index contributed by atoms with van der Waals surface area (Å²) < 4.78 is 65.9. The van der Waals surface area contributed by atoms with Gasteiger partial charge in [0.15, 0.2) is 0 Å². The zero-order valence-corrected chi connectivity index (χ0v) is 21.6. The van der Waals surface area contributed by atoms with Crippen LogP contribution in [0.25, 0.3) is 11.1 Å². The molecule has 208 valence electrons. The maximum absolute atomic E-state index is 13.2. The molecule has 39 heavy (non-hydrogen) atoms. The van der Waals surface area contributed by atoms with Gasteiger partial charge in [-0.3, -0.25) is 0 Å². The summed E-state index contributed by atoms with van der Waals surface area (Å²) in [6.45, 7) is 1.25. The summed E-state index contributed by atoms with van der Waals surface area (Å²) in [6, 6.07) is 11.7. The molecule has 5 rings (SSSR count). The van der Waals surface area contributed by atoms with Gasteiger partial charge in [-0.15, -0.1) is 0 Å². The number of nitrogens with one attached hydrogen (secondary N) is 1. The van der Waals surface area contributed by atoms with E-state index < -0.39 is 33.9 Å². The SMILES string of the molecule is O=S(=O)(c1ccc(-c2ccc(N3CC[C@H](O)C3)nc2)cc1)N1CC[C@@H](Nc2ccc(C(F)(F)F)cn2)[C@@H](O)C1. The number of aliphatic hydroxyl groups is 2. The maximum atomic E-state index is 13.2. The Hall–Kier alpha value is -3.26. The molecule has 13 heteroatoms. The van der Waals surface area contributed by atoms with Crippen molar-refractivity contribution >= 4 is 21.7 Å². The number of anilines is 2. The number of sulfonamides is 1. The van der Waals surface area contributed by atoms with Gasteiger partial charge < -0.3 is 20.4 Å². The monoisotopic (exact) mass is 563 g/mol. The number of hydrogen-bond donors (Lipinski definition) is 3. The Kier molecular flexibility index (Phi) is 7.51. The van der Waals surface area contributed by atoms with Crippen LogP contribution in [0.1, 0.15) is 18.4 Å². The van der Waals surface area contributed by atoms with E-state index in [9.17, 15) is 31.8 Å². The molecule has 0 bridgehead atoms. The fourth-order valence-corrected chi connectivity index (χ4v) is 6.26. The van der Waals surface area contributed by atoms with Crippen molar-refractivity contribution in [2.24, 2.45) is 0 Å². The molecule has 0 spiro atoms. The molecular formula is C26H28F3N5O4S. The number of rotatable bonds is 6. The van der Waals surface area contributed by atoms with E-state index in [2.05, 4.69) is 15.3 Å². The van der Waals surface area contributed by atoms with Gasteiger partial charge in [-0.25, -0.2) is 18.4 Å². The quantitative estimate of drug-likeness (QED) is 0.419. The van der Waals surface area contributed by atoms with Crippen LogP contribution in [0.15, 0.2) is 65.8 Å². The minimum Gasteiger partial charge on any atom is -0.391 e. The molecule has 0 unspecified atom stereocenters. The molecule has 3 aromatic rings. The van der Waals surface area contributed by atoms with Gasteiger partial charge >= 0.3 is 6.18 Å². The maximum Gasteiger partial charge on any atom is 0.417 e. The Bertz CT molecular complexity index is 1390. The van der Waals surface area contributed by atoms with Crippen molar-refractivity contribution in [2.75, 3.05) is 36.4 Å². The molecule has 2 aliphatic rings. The molecule has 1 aromatic carbocycles. The van der Waals surface area contributed by atoms with Gasteiger partial charge in [0.1, 0.15) is 11.6 Å². The first kappa shape index (κ1) is 27.3. The van der Waals surface area contributed by atoms with Gasteiger partial charge in [0.2, 0.25) is 10.0 Å². The van der Waals surface area contributed by atoms with Gasteiger partial charge in [-0.1, -0.05) is 12.1 Å². The third-order valence-corrected chi connectivity index (χ3v) is 8.91. The summed E-state index contributed by atoms with van der Waals surface area (Å²) in [6.07, 6.45) is -2.56. The molecule has 2 aliphatic heterocycles. The Morgan fingerprint density at radius 3 is 2.18 bits per heavy atom. The van der Waals surface area contributed by atoms with E-state index in [1.165, 1.54) is 22.5 Å². The number of pyridine rings is 2. The largest absolute Gasteiger partial charge is 0.417 e. The summed E-state index contributed by atoms with van der Waals surface area (Å²) in [4.78, 5) is 10.3. The zero-order valence-electron chi connectivity index (χ0n) is 20.8. The number of aliphatic hydroxyl groups excluding tert-OH is 2. The number of aromatic nitrogens is 2. The number of hydrogen-bond acceptors (Lipinski definition) is 8. The van der Waals surface area contributed by atoms with E-state index in [1.807, 2.05) is 17.0 Å². The van der Waals surface area contributed by atoms with Crippen molar-refractivity contribution in [3.8, 4) is 11.1 Å². The van der Waals surface area contributed by atoms with E-state index >= 15 is 0 Å². The molecule has 0 aliphatic carbocycles. The number of β-amino-alcohol motifs (C(OH)–C–C–N with tert-alkyl or cyclic N) is 2. The first-order valence-corrected chi connectivity index (χ1v) is 13.9. The molecule has 0 radical (unpaired) electrons.